The van der Waals surface area contributed by atoms with Gasteiger partial charge in [0.2, 0.25) is 5.75 Å². The zero-order valence-corrected chi connectivity index (χ0v) is 20.4. The molecule has 0 unspecified atom stereocenters. The average Bonchev–Trinajstić information content (AvgIpc) is 3.05. The van der Waals surface area contributed by atoms with Crippen molar-refractivity contribution < 1.29 is 38.3 Å². The van der Waals surface area contributed by atoms with Gasteiger partial charge < -0.3 is 30.5 Å². The summed E-state index contributed by atoms with van der Waals surface area (Å²) in [5, 5.41) is 21.4. The number of carbonyl (C=O) groups is 1. The SMILES string of the molecule is CCOc1ccn(-c2ccc(F)c(OO)c2)c(=O)c1C(=O)Nc1ccc(OC2=C(O)CC(N)=NC=C2)c(F)c1. The van der Waals surface area contributed by atoms with Gasteiger partial charge in [-0.1, -0.05) is 0 Å². The minimum absolute atomic E-state index is 0.0120. The van der Waals surface area contributed by atoms with E-state index in [4.69, 9.17) is 20.5 Å². The zero-order chi connectivity index (χ0) is 28.1. The Morgan fingerprint density at radius 3 is 2.64 bits per heavy atom. The molecule has 0 spiro atoms. The molecular formula is C26H22F2N4O7. The number of anilines is 1. The monoisotopic (exact) mass is 540 g/mol. The van der Waals surface area contributed by atoms with Crippen LogP contribution < -0.4 is 31.0 Å². The molecule has 0 aliphatic carbocycles. The van der Waals surface area contributed by atoms with E-state index < -0.39 is 34.4 Å². The average molecular weight is 540 g/mol. The highest BCUT2D eigenvalue weighted by atomic mass is 19.1. The first-order chi connectivity index (χ1) is 18.7. The number of ether oxygens (including phenoxy) is 2. The number of nitrogens with one attached hydrogen (secondary N) is 1. The Kier molecular flexibility index (Phi) is 7.91. The molecule has 11 nitrogen and oxygen atoms in total. The van der Waals surface area contributed by atoms with Gasteiger partial charge in [0.1, 0.15) is 22.9 Å². The molecule has 2 aromatic carbocycles. The fourth-order valence-electron chi connectivity index (χ4n) is 3.59. The van der Waals surface area contributed by atoms with Crippen LogP contribution in [-0.4, -0.2) is 33.3 Å². The van der Waals surface area contributed by atoms with Crippen LogP contribution in [0.15, 0.2) is 82.2 Å². The second kappa shape index (κ2) is 11.5. The van der Waals surface area contributed by atoms with Crippen LogP contribution >= 0.6 is 0 Å². The lowest BCUT2D eigenvalue weighted by Gasteiger charge is -2.14. The fraction of sp³-hybridized carbons (Fsp3) is 0.115. The molecule has 0 radical (unpaired) electrons. The maximum absolute atomic E-state index is 14.8. The van der Waals surface area contributed by atoms with Crippen molar-refractivity contribution in [2.75, 3.05) is 11.9 Å². The van der Waals surface area contributed by atoms with Crippen LogP contribution in [0.2, 0.25) is 0 Å². The summed E-state index contributed by atoms with van der Waals surface area (Å²) in [5.74, 6) is -3.64. The molecule has 0 saturated carbocycles. The predicted molar refractivity (Wildman–Crippen MR) is 136 cm³/mol. The second-order valence-electron chi connectivity index (χ2n) is 7.99. The number of rotatable bonds is 8. The van der Waals surface area contributed by atoms with Gasteiger partial charge in [-0.05, 0) is 37.3 Å². The number of allylic oxidation sites excluding steroid dienone is 1. The van der Waals surface area contributed by atoms with Gasteiger partial charge in [0.25, 0.3) is 11.5 Å². The number of hydrogen-bond donors (Lipinski definition) is 4. The van der Waals surface area contributed by atoms with E-state index in [1.54, 1.807) is 6.92 Å². The highest BCUT2D eigenvalue weighted by Crippen LogP contribution is 2.27. The number of aliphatic hydroxyl groups excluding tert-OH is 1. The van der Waals surface area contributed by atoms with Gasteiger partial charge in [0, 0.05) is 36.3 Å². The molecule has 0 bridgehead atoms. The number of benzene rings is 2. The summed E-state index contributed by atoms with van der Waals surface area (Å²) in [5.41, 5.74) is 4.43. The van der Waals surface area contributed by atoms with Crippen LogP contribution in [0.1, 0.15) is 23.7 Å². The first-order valence-corrected chi connectivity index (χ1v) is 11.4. The third kappa shape index (κ3) is 5.88. The van der Waals surface area contributed by atoms with Gasteiger partial charge in [0.15, 0.2) is 23.1 Å². The Morgan fingerprint density at radius 1 is 1.13 bits per heavy atom. The lowest BCUT2D eigenvalue weighted by atomic mass is 10.2. The van der Waals surface area contributed by atoms with Crippen molar-refractivity contribution in [3.8, 4) is 22.9 Å². The summed E-state index contributed by atoms with van der Waals surface area (Å²) >= 11 is 0. The van der Waals surface area contributed by atoms with Crippen LogP contribution in [-0.2, 0) is 0 Å². The molecule has 1 aliphatic rings. The van der Waals surface area contributed by atoms with Gasteiger partial charge in [0.05, 0.1) is 18.7 Å². The lowest BCUT2D eigenvalue weighted by molar-refractivity contribution is -0.140. The first kappa shape index (κ1) is 26.9. The molecule has 13 heteroatoms. The van der Waals surface area contributed by atoms with Crippen molar-refractivity contribution in [1.29, 1.82) is 0 Å². The topological polar surface area (TPSA) is 158 Å². The molecule has 0 fully saturated rings. The molecule has 0 atom stereocenters. The van der Waals surface area contributed by atoms with Gasteiger partial charge in [-0.3, -0.25) is 14.2 Å². The Labute approximate surface area is 219 Å². The number of amidine groups is 1. The summed E-state index contributed by atoms with van der Waals surface area (Å²) in [6, 6.07) is 8.14. The normalized spacial score (nSPS) is 13.0. The van der Waals surface area contributed by atoms with Crippen molar-refractivity contribution in [1.82, 2.24) is 4.57 Å². The van der Waals surface area contributed by atoms with Gasteiger partial charge in [-0.15, -0.1) is 0 Å². The molecule has 5 N–H and O–H groups in total. The third-order valence-corrected chi connectivity index (χ3v) is 5.38. The number of aliphatic hydroxyl groups is 1. The van der Waals surface area contributed by atoms with Crippen molar-refractivity contribution >= 4 is 17.4 Å². The molecule has 3 aromatic rings. The maximum Gasteiger partial charge on any atom is 0.271 e. The van der Waals surface area contributed by atoms with Crippen LogP contribution in [0.4, 0.5) is 14.5 Å². The van der Waals surface area contributed by atoms with E-state index in [1.807, 2.05) is 0 Å². The summed E-state index contributed by atoms with van der Waals surface area (Å²) in [4.78, 5) is 34.3. The first-order valence-electron chi connectivity index (χ1n) is 11.4. The van der Waals surface area contributed by atoms with Gasteiger partial charge in [-0.2, -0.15) is 0 Å². The maximum atomic E-state index is 14.8. The highest BCUT2D eigenvalue weighted by molar-refractivity contribution is 6.06. The number of carbonyl (C=O) groups excluding carboxylic acids is 1. The van der Waals surface area contributed by atoms with Crippen molar-refractivity contribution in [2.45, 2.75) is 13.3 Å². The molecule has 1 amide bonds. The minimum Gasteiger partial charge on any atom is -0.508 e. The molecule has 39 heavy (non-hydrogen) atoms. The molecule has 4 rings (SSSR count). The van der Waals surface area contributed by atoms with Crippen LogP contribution in [0.3, 0.4) is 0 Å². The lowest BCUT2D eigenvalue weighted by Crippen LogP contribution is -2.29. The fourth-order valence-corrected chi connectivity index (χ4v) is 3.59. The zero-order valence-electron chi connectivity index (χ0n) is 20.4. The van der Waals surface area contributed by atoms with Crippen LogP contribution in [0, 0.1) is 11.6 Å². The third-order valence-electron chi connectivity index (χ3n) is 5.38. The number of hydrogen-bond acceptors (Lipinski definition) is 9. The smallest absolute Gasteiger partial charge is 0.271 e. The molecular weight excluding hydrogens is 518 g/mol. The van der Waals surface area contributed by atoms with Crippen molar-refractivity contribution in [3.63, 3.8) is 0 Å². The number of nitrogens with two attached hydrogens (primary N) is 1. The minimum atomic E-state index is -0.911. The van der Waals surface area contributed by atoms with E-state index in [9.17, 15) is 23.5 Å². The number of halogens is 2. The number of aromatic nitrogens is 1. The van der Waals surface area contributed by atoms with Crippen LogP contribution in [0.5, 0.6) is 17.2 Å². The largest absolute Gasteiger partial charge is 0.508 e. The standard InChI is InChI=1S/C26H22F2N4O7/c1-2-37-21-8-10-32(15-4-5-16(27)22(12-15)39-36)26(35)24(21)25(34)31-14-3-6-19(17(28)11-14)38-20-7-9-30-23(29)13-18(20)33/h3-12,33,36H,2,13H2,1H3,(H2,29,30)(H,31,34). The quantitative estimate of drug-likeness (QED) is 0.246. The summed E-state index contributed by atoms with van der Waals surface area (Å²) in [6.07, 6.45) is 3.83. The van der Waals surface area contributed by atoms with E-state index in [-0.39, 0.29) is 53.3 Å². The Balaban J connectivity index is 1.63. The molecule has 202 valence electrons. The second-order valence-corrected chi connectivity index (χ2v) is 7.99. The molecule has 0 saturated heterocycles. The molecule has 1 aromatic heterocycles. The van der Waals surface area contributed by atoms with Gasteiger partial charge >= 0.3 is 0 Å². The van der Waals surface area contributed by atoms with Crippen molar-refractivity contribution in [3.05, 3.63) is 100 Å². The number of pyridine rings is 1. The van der Waals surface area contributed by atoms with Crippen molar-refractivity contribution in [2.24, 2.45) is 10.7 Å². The highest BCUT2D eigenvalue weighted by Gasteiger charge is 2.22. The van der Waals surface area contributed by atoms with E-state index in [0.717, 1.165) is 22.8 Å². The summed E-state index contributed by atoms with van der Waals surface area (Å²) in [7, 11) is 0. The van der Waals surface area contributed by atoms with E-state index in [2.05, 4.69) is 15.2 Å². The number of amides is 1. The molecule has 1 aliphatic heterocycles. The summed E-state index contributed by atoms with van der Waals surface area (Å²) in [6.45, 7) is 1.79. The molecule has 2 heterocycles. The Morgan fingerprint density at radius 2 is 1.92 bits per heavy atom. The number of aliphatic imine (C=N–C) groups is 1. The number of nitrogens with zero attached hydrogens (tertiary/aromatic N) is 2. The van der Waals surface area contributed by atoms with E-state index in [1.165, 1.54) is 42.7 Å². The Hall–Kier alpha value is -5.17. The van der Waals surface area contributed by atoms with Gasteiger partial charge in [-0.25, -0.2) is 19.0 Å². The van der Waals surface area contributed by atoms with Crippen LogP contribution in [0.25, 0.3) is 5.69 Å². The summed E-state index contributed by atoms with van der Waals surface area (Å²) < 4.78 is 40.4. The van der Waals surface area contributed by atoms with E-state index >= 15 is 0 Å². The van der Waals surface area contributed by atoms with E-state index in [0.29, 0.717) is 0 Å². The Bertz CT molecular complexity index is 1580. The predicted octanol–water partition coefficient (Wildman–Crippen LogP) is 4.04.